The van der Waals surface area contributed by atoms with Crippen LogP contribution in [0.15, 0.2) is 71.5 Å². The number of phenols is 1. The van der Waals surface area contributed by atoms with Crippen LogP contribution < -0.4 is 20.6 Å². The molecule has 1 aliphatic rings. The fraction of sp³-hybridized carbons (Fsp3) is 0.267. The molecule has 3 heterocycles. The number of imidazole rings is 1. The topological polar surface area (TPSA) is 93.8 Å². The Kier molecular flexibility index (Phi) is 8.32. The molecule has 0 amide bonds. The van der Waals surface area contributed by atoms with Gasteiger partial charge in [0.05, 0.1) is 17.3 Å². The van der Waals surface area contributed by atoms with Gasteiger partial charge in [0.1, 0.15) is 17.4 Å². The van der Waals surface area contributed by atoms with E-state index in [9.17, 15) is 9.90 Å². The zero-order chi connectivity index (χ0) is 29.1. The number of phenolic OH excluding ortho intramolecular Hbond substituents is 1. The summed E-state index contributed by atoms with van der Waals surface area (Å²) in [4.78, 5) is 19.1. The van der Waals surface area contributed by atoms with Gasteiger partial charge < -0.3 is 29.4 Å². The van der Waals surface area contributed by atoms with Crippen molar-refractivity contribution in [1.82, 2.24) is 19.4 Å². The summed E-state index contributed by atoms with van der Waals surface area (Å²) in [5.74, 6) is 0.299. The fourth-order valence-electron chi connectivity index (χ4n) is 4.70. The monoisotopic (exact) mass is 579 g/mol. The van der Waals surface area contributed by atoms with Gasteiger partial charge in [-0.1, -0.05) is 17.7 Å². The van der Waals surface area contributed by atoms with E-state index in [4.69, 9.17) is 21.1 Å². The van der Waals surface area contributed by atoms with Crippen LogP contribution in [0.25, 0.3) is 27.9 Å². The molecule has 1 aliphatic heterocycles. The molecule has 0 fully saturated rings. The molecule has 2 N–H and O–H groups in total. The van der Waals surface area contributed by atoms with Gasteiger partial charge in [-0.05, 0) is 48.4 Å². The maximum absolute atomic E-state index is 15.1. The number of nitrogens with zero attached hydrogens (tertiary/aromatic N) is 4. The van der Waals surface area contributed by atoms with E-state index in [0.29, 0.717) is 54.7 Å². The molecule has 41 heavy (non-hydrogen) atoms. The Morgan fingerprint density at radius 3 is 2.56 bits per heavy atom. The molecule has 214 valence electrons. The molecular formula is C30H31ClFN5O4. The summed E-state index contributed by atoms with van der Waals surface area (Å²) in [6.07, 6.45) is 5.87. The molecule has 0 saturated carbocycles. The molecule has 5 rings (SSSR count). The van der Waals surface area contributed by atoms with E-state index < -0.39 is 5.82 Å². The molecule has 2 aromatic heterocycles. The van der Waals surface area contributed by atoms with E-state index in [2.05, 4.69) is 10.3 Å². The minimum Gasteiger partial charge on any atom is -0.507 e. The van der Waals surface area contributed by atoms with E-state index in [1.165, 1.54) is 21.3 Å². The largest absolute Gasteiger partial charge is 0.507 e. The van der Waals surface area contributed by atoms with Crippen LogP contribution in [0.5, 0.6) is 11.6 Å². The first-order chi connectivity index (χ1) is 19.7. The number of pyridine rings is 1. The van der Waals surface area contributed by atoms with Crippen LogP contribution in [0.3, 0.4) is 0 Å². The molecule has 0 bridgehead atoms. The minimum atomic E-state index is -0.536. The van der Waals surface area contributed by atoms with Crippen LogP contribution >= 0.6 is 11.6 Å². The Hall–Kier alpha value is -4.28. The van der Waals surface area contributed by atoms with Crippen molar-refractivity contribution < 1.29 is 19.0 Å². The first-order valence-electron chi connectivity index (χ1n) is 13.1. The van der Waals surface area contributed by atoms with E-state index >= 15 is 4.39 Å². The Bertz CT molecular complexity index is 1670. The highest BCUT2D eigenvalue weighted by Gasteiger charge is 2.19. The fourth-order valence-corrected chi connectivity index (χ4v) is 4.97. The predicted octanol–water partition coefficient (Wildman–Crippen LogP) is 5.09. The maximum Gasteiger partial charge on any atom is 0.332 e. The molecule has 4 aromatic rings. The summed E-state index contributed by atoms with van der Waals surface area (Å²) >= 11 is 6.56. The van der Waals surface area contributed by atoms with Gasteiger partial charge in [0.25, 0.3) is 0 Å². The van der Waals surface area contributed by atoms with Gasteiger partial charge in [0.2, 0.25) is 5.88 Å². The molecule has 0 atom stereocenters. The predicted molar refractivity (Wildman–Crippen MR) is 157 cm³/mol. The third-order valence-electron chi connectivity index (χ3n) is 6.78. The number of aromatic hydroxyl groups is 1. The van der Waals surface area contributed by atoms with Crippen molar-refractivity contribution in [3.8, 4) is 39.6 Å². The second kappa shape index (κ2) is 12.1. The quantitative estimate of drug-likeness (QED) is 0.267. The number of nitrogens with one attached hydrogen (secondary N) is 1. The highest BCUT2D eigenvalue weighted by Crippen LogP contribution is 2.42. The third kappa shape index (κ3) is 6.08. The smallest absolute Gasteiger partial charge is 0.332 e. The summed E-state index contributed by atoms with van der Waals surface area (Å²) in [6.45, 7) is 4.30. The highest BCUT2D eigenvalue weighted by atomic mass is 35.5. The number of aryl methyl sites for hydroxylation is 1. The second-order valence-electron chi connectivity index (χ2n) is 9.76. The van der Waals surface area contributed by atoms with Gasteiger partial charge in [0.15, 0.2) is 0 Å². The Labute approximate surface area is 242 Å². The number of halogens is 2. The van der Waals surface area contributed by atoms with Gasteiger partial charge in [-0.3, -0.25) is 4.57 Å². The lowest BCUT2D eigenvalue weighted by atomic mass is 9.97. The van der Waals surface area contributed by atoms with E-state index in [-0.39, 0.29) is 27.6 Å². The standard InChI is InChI=1S/C30H31ClFN5O4/c1-19-18-36(8-7-33-19)27-14-21(15-28(34-27)41-12-4-11-40-3)24-17-22(32)16-23(29(24)38)20-5-6-26(25(31)13-20)37-10-9-35(2)30(37)39/h5-6,9-10,13-18,33,38H,4,7-8,11-12H2,1-3H3. The Morgan fingerprint density at radius 1 is 1.10 bits per heavy atom. The van der Waals surface area contributed by atoms with Gasteiger partial charge >= 0.3 is 5.69 Å². The normalized spacial score (nSPS) is 13.2. The summed E-state index contributed by atoms with van der Waals surface area (Å²) < 4.78 is 29.0. The third-order valence-corrected chi connectivity index (χ3v) is 7.09. The van der Waals surface area contributed by atoms with Crippen molar-refractivity contribution in [2.24, 2.45) is 7.05 Å². The van der Waals surface area contributed by atoms with Crippen molar-refractivity contribution in [1.29, 1.82) is 0 Å². The number of aromatic nitrogens is 3. The molecule has 9 nitrogen and oxygen atoms in total. The zero-order valence-electron chi connectivity index (χ0n) is 23.0. The Balaban J connectivity index is 1.57. The first kappa shape index (κ1) is 28.3. The van der Waals surface area contributed by atoms with Crippen LogP contribution in [-0.2, 0) is 11.8 Å². The molecule has 11 heteroatoms. The summed E-state index contributed by atoms with van der Waals surface area (Å²) in [6, 6.07) is 11.0. The van der Waals surface area contributed by atoms with Gasteiger partial charge in [0, 0.05) is 81.8 Å². The summed E-state index contributed by atoms with van der Waals surface area (Å²) in [7, 11) is 3.27. The number of allylic oxidation sites excluding steroid dienone is 1. The van der Waals surface area contributed by atoms with Gasteiger partial charge in [-0.15, -0.1) is 0 Å². The number of methoxy groups -OCH3 is 1. The van der Waals surface area contributed by atoms with Crippen molar-refractivity contribution in [2.75, 3.05) is 38.3 Å². The van der Waals surface area contributed by atoms with Crippen LogP contribution in [-0.4, -0.2) is 52.6 Å². The lowest BCUT2D eigenvalue weighted by Crippen LogP contribution is -2.34. The zero-order valence-corrected chi connectivity index (χ0v) is 23.8. The lowest BCUT2D eigenvalue weighted by molar-refractivity contribution is 0.170. The number of benzene rings is 2. The maximum atomic E-state index is 15.1. The number of hydrogen-bond donors (Lipinski definition) is 2. The summed E-state index contributed by atoms with van der Waals surface area (Å²) in [5.41, 5.74) is 2.78. The molecule has 0 radical (unpaired) electrons. The first-order valence-corrected chi connectivity index (χ1v) is 13.5. The van der Waals surface area contributed by atoms with E-state index in [1.807, 2.05) is 18.0 Å². The second-order valence-corrected chi connectivity index (χ2v) is 10.2. The number of rotatable bonds is 9. The van der Waals surface area contributed by atoms with Crippen molar-refractivity contribution in [3.05, 3.63) is 88.1 Å². The summed E-state index contributed by atoms with van der Waals surface area (Å²) in [5, 5.41) is 15.0. The molecule has 0 unspecified atom stereocenters. The van der Waals surface area contributed by atoms with Crippen molar-refractivity contribution >= 4 is 17.4 Å². The van der Waals surface area contributed by atoms with Gasteiger partial charge in [-0.2, -0.15) is 4.98 Å². The molecular weight excluding hydrogens is 549 g/mol. The number of hydrogen-bond acceptors (Lipinski definition) is 7. The lowest BCUT2D eigenvalue weighted by Gasteiger charge is -2.26. The van der Waals surface area contributed by atoms with Crippen molar-refractivity contribution in [3.63, 3.8) is 0 Å². The molecule has 0 aliphatic carbocycles. The molecule has 2 aromatic carbocycles. The van der Waals surface area contributed by atoms with Gasteiger partial charge in [-0.25, -0.2) is 9.18 Å². The molecule has 0 saturated heterocycles. The molecule has 0 spiro atoms. The number of anilines is 1. The Morgan fingerprint density at radius 2 is 1.88 bits per heavy atom. The van der Waals surface area contributed by atoms with Crippen LogP contribution in [0.4, 0.5) is 10.2 Å². The average molecular weight is 580 g/mol. The minimum absolute atomic E-state index is 0.124. The highest BCUT2D eigenvalue weighted by molar-refractivity contribution is 6.32. The van der Waals surface area contributed by atoms with Crippen LogP contribution in [0.2, 0.25) is 5.02 Å². The number of ether oxygens (including phenoxy) is 2. The van der Waals surface area contributed by atoms with Crippen molar-refractivity contribution in [2.45, 2.75) is 13.3 Å². The average Bonchev–Trinajstić information content (AvgIpc) is 3.29. The van der Waals surface area contributed by atoms with E-state index in [1.54, 1.807) is 56.9 Å². The van der Waals surface area contributed by atoms with Crippen LogP contribution in [0, 0.1) is 5.82 Å². The SMILES string of the molecule is COCCCOc1cc(-c2cc(F)cc(-c3ccc(-n4ccn(C)c4=O)c(Cl)c3)c2O)cc(N2C=C(C)NCC2)n1. The van der Waals surface area contributed by atoms with Crippen LogP contribution in [0.1, 0.15) is 13.3 Å². The van der Waals surface area contributed by atoms with E-state index in [0.717, 1.165) is 12.2 Å².